The molecule has 2 aromatic carbocycles. The summed E-state index contributed by atoms with van der Waals surface area (Å²) in [5.74, 6) is 4.80. The molecule has 3 aromatic rings. The molecule has 1 heterocycles. The van der Waals surface area contributed by atoms with E-state index in [2.05, 4.69) is 9.72 Å². The first kappa shape index (κ1) is 25.9. The van der Waals surface area contributed by atoms with Crippen LogP contribution in [0.4, 0.5) is 0 Å². The molecule has 0 radical (unpaired) electrons. The van der Waals surface area contributed by atoms with Crippen LogP contribution >= 0.6 is 0 Å². The van der Waals surface area contributed by atoms with E-state index in [1.165, 1.54) is 36.4 Å². The lowest BCUT2D eigenvalue weighted by molar-refractivity contribution is -0.140. The highest BCUT2D eigenvalue weighted by Gasteiger charge is 2.37. The van der Waals surface area contributed by atoms with E-state index in [0.29, 0.717) is 17.4 Å². The molecule has 1 aromatic heterocycles. The van der Waals surface area contributed by atoms with E-state index < -0.39 is 33.5 Å². The molecule has 2 N–H and O–H groups in total. The van der Waals surface area contributed by atoms with Gasteiger partial charge in [-0.1, -0.05) is 18.2 Å². The van der Waals surface area contributed by atoms with Gasteiger partial charge < -0.3 is 14.0 Å². The zero-order chi connectivity index (χ0) is 25.4. The van der Waals surface area contributed by atoms with Crippen LogP contribution < -0.4 is 10.6 Å². The quantitative estimate of drug-likeness (QED) is 0.138. The number of imidazole rings is 1. The molecule has 10 nitrogen and oxygen atoms in total. The van der Waals surface area contributed by atoms with Gasteiger partial charge in [0.15, 0.2) is 15.1 Å². The number of aryl methyl sites for hydroxylation is 2. The van der Waals surface area contributed by atoms with Gasteiger partial charge in [0.05, 0.1) is 37.2 Å². The fourth-order valence-corrected chi connectivity index (χ4v) is 4.94. The second kappa shape index (κ2) is 11.6. The molecule has 0 unspecified atom stereocenters. The molecule has 1 amide bonds. The summed E-state index contributed by atoms with van der Waals surface area (Å²) >= 11 is 0. The SMILES string of the molecule is COC(=O)[C@H](CN(N)C(=O)c1ccc(OCCCc2cn(C)cn2)cc1)S(=O)(=O)c1ccccc1. The number of hydrogen-bond acceptors (Lipinski definition) is 8. The number of nitrogens with zero attached hydrogens (tertiary/aromatic N) is 3. The maximum Gasteiger partial charge on any atom is 0.326 e. The number of amides is 1. The summed E-state index contributed by atoms with van der Waals surface area (Å²) in [4.78, 5) is 29.3. The molecule has 0 spiro atoms. The predicted octanol–water partition coefficient (Wildman–Crippen LogP) is 1.76. The smallest absolute Gasteiger partial charge is 0.326 e. The second-order valence-electron chi connectivity index (χ2n) is 7.83. The Kier molecular flexibility index (Phi) is 8.61. The summed E-state index contributed by atoms with van der Waals surface area (Å²) in [6.07, 6.45) is 5.26. The van der Waals surface area contributed by atoms with Crippen LogP contribution in [0.5, 0.6) is 5.75 Å². The van der Waals surface area contributed by atoms with E-state index in [-0.39, 0.29) is 10.5 Å². The van der Waals surface area contributed by atoms with Crippen molar-refractivity contribution in [2.75, 3.05) is 20.3 Å². The van der Waals surface area contributed by atoms with Gasteiger partial charge in [0, 0.05) is 18.8 Å². The molecule has 3 rings (SSSR count). The maximum atomic E-state index is 13.0. The molecule has 1 atom stereocenters. The van der Waals surface area contributed by atoms with Gasteiger partial charge >= 0.3 is 5.97 Å². The van der Waals surface area contributed by atoms with Crippen molar-refractivity contribution in [3.05, 3.63) is 78.4 Å². The van der Waals surface area contributed by atoms with Gasteiger partial charge in [-0.05, 0) is 49.2 Å². The number of benzene rings is 2. The number of ether oxygens (including phenoxy) is 2. The third-order valence-electron chi connectivity index (χ3n) is 5.24. The number of methoxy groups -OCH3 is 1. The minimum atomic E-state index is -4.14. The van der Waals surface area contributed by atoms with Crippen molar-refractivity contribution < 1.29 is 27.5 Å². The second-order valence-corrected chi connectivity index (χ2v) is 9.96. The molecule has 0 saturated carbocycles. The highest BCUT2D eigenvalue weighted by Crippen LogP contribution is 2.19. The van der Waals surface area contributed by atoms with Crippen molar-refractivity contribution in [1.29, 1.82) is 0 Å². The summed E-state index contributed by atoms with van der Waals surface area (Å²) < 4.78 is 38.2. The highest BCUT2D eigenvalue weighted by molar-refractivity contribution is 7.92. The normalized spacial score (nSPS) is 12.1. The van der Waals surface area contributed by atoms with Crippen molar-refractivity contribution in [3.8, 4) is 5.75 Å². The van der Waals surface area contributed by atoms with Gasteiger partial charge in [0.1, 0.15) is 5.75 Å². The van der Waals surface area contributed by atoms with Crippen molar-refractivity contribution in [2.45, 2.75) is 23.0 Å². The van der Waals surface area contributed by atoms with Crippen LogP contribution in [-0.2, 0) is 32.8 Å². The maximum absolute atomic E-state index is 13.0. The number of rotatable bonds is 11. The van der Waals surface area contributed by atoms with E-state index in [0.717, 1.165) is 25.6 Å². The molecule has 0 saturated heterocycles. The molecular formula is C24H28N4O6S. The third-order valence-corrected chi connectivity index (χ3v) is 7.26. The molecule has 35 heavy (non-hydrogen) atoms. The molecular weight excluding hydrogens is 472 g/mol. The summed E-state index contributed by atoms with van der Waals surface area (Å²) in [5.41, 5.74) is 1.20. The number of hydrazine groups is 1. The van der Waals surface area contributed by atoms with E-state index in [4.69, 9.17) is 10.6 Å². The monoisotopic (exact) mass is 500 g/mol. The first-order valence-corrected chi connectivity index (χ1v) is 12.4. The van der Waals surface area contributed by atoms with Crippen LogP contribution in [-0.4, -0.2) is 60.4 Å². The number of aromatic nitrogens is 2. The minimum absolute atomic E-state index is 0.0687. The Morgan fingerprint density at radius 3 is 2.40 bits per heavy atom. The lowest BCUT2D eigenvalue weighted by Gasteiger charge is -2.22. The third kappa shape index (κ3) is 6.67. The number of carbonyl (C=O) groups is 2. The number of hydrogen-bond donors (Lipinski definition) is 1. The van der Waals surface area contributed by atoms with Gasteiger partial charge in [0.25, 0.3) is 5.91 Å². The Morgan fingerprint density at radius 2 is 1.80 bits per heavy atom. The van der Waals surface area contributed by atoms with Crippen LogP contribution in [0.2, 0.25) is 0 Å². The first-order valence-electron chi connectivity index (χ1n) is 10.9. The Morgan fingerprint density at radius 1 is 1.11 bits per heavy atom. The number of nitrogens with two attached hydrogens (primary N) is 1. The van der Waals surface area contributed by atoms with Gasteiger partial charge in [-0.25, -0.2) is 19.2 Å². The molecule has 0 aliphatic rings. The standard InChI is InChI=1S/C24H28N4O6S/c1-27-15-19(26-17-27)7-6-14-34-20-12-10-18(11-13-20)23(29)28(25)16-22(24(30)33-2)35(31,32)21-8-4-3-5-9-21/h3-5,8-13,15,17,22H,6-7,14,16,25H2,1-2H3/t22-/m0/s1. The van der Waals surface area contributed by atoms with Crippen LogP contribution in [0.1, 0.15) is 22.5 Å². The van der Waals surface area contributed by atoms with E-state index >= 15 is 0 Å². The summed E-state index contributed by atoms with van der Waals surface area (Å²) in [6, 6.07) is 13.7. The van der Waals surface area contributed by atoms with Gasteiger partial charge in [0.2, 0.25) is 0 Å². The highest BCUT2D eigenvalue weighted by atomic mass is 32.2. The number of carbonyl (C=O) groups excluding carboxylic acids is 2. The van der Waals surface area contributed by atoms with Crippen LogP contribution in [0.3, 0.4) is 0 Å². The number of esters is 1. The fraction of sp³-hybridized carbons (Fsp3) is 0.292. The molecule has 11 heteroatoms. The molecule has 0 bridgehead atoms. The zero-order valence-corrected chi connectivity index (χ0v) is 20.3. The van der Waals surface area contributed by atoms with E-state index in [1.807, 2.05) is 17.8 Å². The fourth-order valence-electron chi connectivity index (χ4n) is 3.37. The van der Waals surface area contributed by atoms with Crippen molar-refractivity contribution in [3.63, 3.8) is 0 Å². The van der Waals surface area contributed by atoms with E-state index in [1.54, 1.807) is 24.5 Å². The first-order chi connectivity index (χ1) is 16.7. The predicted molar refractivity (Wildman–Crippen MR) is 128 cm³/mol. The van der Waals surface area contributed by atoms with Gasteiger partial charge in [-0.2, -0.15) is 0 Å². The average Bonchev–Trinajstić information content (AvgIpc) is 3.29. The lowest BCUT2D eigenvalue weighted by Crippen LogP contribution is -2.48. The largest absolute Gasteiger partial charge is 0.494 e. The lowest BCUT2D eigenvalue weighted by atomic mass is 10.2. The van der Waals surface area contributed by atoms with Gasteiger partial charge in [-0.3, -0.25) is 14.6 Å². The Labute approximate surface area is 204 Å². The molecule has 186 valence electrons. The zero-order valence-electron chi connectivity index (χ0n) is 19.5. The van der Waals surface area contributed by atoms with Crippen LogP contribution in [0.25, 0.3) is 0 Å². The summed E-state index contributed by atoms with van der Waals surface area (Å²) in [5, 5.41) is -0.976. The Hall–Kier alpha value is -3.70. The Balaban J connectivity index is 1.60. The molecule has 0 aliphatic carbocycles. The average molecular weight is 501 g/mol. The van der Waals surface area contributed by atoms with Crippen molar-refractivity contribution >= 4 is 21.7 Å². The van der Waals surface area contributed by atoms with Gasteiger partial charge in [-0.15, -0.1) is 0 Å². The Bertz CT molecular complexity index is 1240. The molecule has 0 aliphatic heterocycles. The summed E-state index contributed by atoms with van der Waals surface area (Å²) in [6.45, 7) is -0.0977. The van der Waals surface area contributed by atoms with Crippen LogP contribution in [0.15, 0.2) is 72.0 Å². The van der Waals surface area contributed by atoms with Crippen molar-refractivity contribution in [2.24, 2.45) is 12.9 Å². The van der Waals surface area contributed by atoms with Crippen molar-refractivity contribution in [1.82, 2.24) is 14.6 Å². The molecule has 0 fully saturated rings. The van der Waals surface area contributed by atoms with Crippen LogP contribution in [0, 0.1) is 0 Å². The topological polar surface area (TPSA) is 134 Å². The summed E-state index contributed by atoms with van der Waals surface area (Å²) in [7, 11) is -1.15. The minimum Gasteiger partial charge on any atom is -0.494 e. The van der Waals surface area contributed by atoms with E-state index in [9.17, 15) is 18.0 Å². The number of sulfone groups is 1.